The molecule has 0 unspecified atom stereocenters. The van der Waals surface area contributed by atoms with Crippen molar-refractivity contribution >= 4 is 5.91 Å². The zero-order chi connectivity index (χ0) is 7.78. The molecule has 0 heterocycles. The maximum atomic E-state index is 10.9. The first-order valence-electron chi connectivity index (χ1n) is 3.84. The predicted molar refractivity (Wildman–Crippen MR) is 40.3 cm³/mol. The van der Waals surface area contributed by atoms with Crippen LogP contribution in [0.3, 0.4) is 0 Å². The molecular weight excluding hydrogens is 126 g/mol. The van der Waals surface area contributed by atoms with E-state index in [0.29, 0.717) is 5.92 Å². The highest BCUT2D eigenvalue weighted by Gasteiger charge is 2.37. The van der Waals surface area contributed by atoms with Crippen molar-refractivity contribution in [2.75, 3.05) is 0 Å². The third-order valence-corrected chi connectivity index (χ3v) is 2.58. The van der Waals surface area contributed by atoms with E-state index in [1.54, 1.807) is 0 Å². The van der Waals surface area contributed by atoms with Crippen LogP contribution in [0.25, 0.3) is 0 Å². The zero-order valence-electron chi connectivity index (χ0n) is 6.68. The van der Waals surface area contributed by atoms with Gasteiger partial charge in [-0.05, 0) is 25.2 Å². The summed E-state index contributed by atoms with van der Waals surface area (Å²) in [6, 6.07) is 0. The van der Waals surface area contributed by atoms with Gasteiger partial charge in [-0.2, -0.15) is 0 Å². The van der Waals surface area contributed by atoms with Gasteiger partial charge in [0, 0.05) is 5.41 Å². The van der Waals surface area contributed by atoms with Crippen LogP contribution in [0.1, 0.15) is 33.1 Å². The second kappa shape index (κ2) is 2.26. The van der Waals surface area contributed by atoms with E-state index in [1.165, 1.54) is 0 Å². The van der Waals surface area contributed by atoms with E-state index >= 15 is 0 Å². The summed E-state index contributed by atoms with van der Waals surface area (Å²) < 4.78 is 0. The Morgan fingerprint density at radius 1 is 1.70 bits per heavy atom. The highest BCUT2D eigenvalue weighted by atomic mass is 16.1. The molecule has 0 bridgehead atoms. The highest BCUT2D eigenvalue weighted by molar-refractivity contribution is 5.80. The van der Waals surface area contributed by atoms with E-state index in [0.717, 1.165) is 19.3 Å². The highest BCUT2D eigenvalue weighted by Crippen LogP contribution is 2.40. The van der Waals surface area contributed by atoms with Gasteiger partial charge in [-0.15, -0.1) is 0 Å². The Labute approximate surface area is 61.8 Å². The maximum Gasteiger partial charge on any atom is 0.223 e. The molecule has 0 saturated heterocycles. The smallest absolute Gasteiger partial charge is 0.223 e. The fourth-order valence-electron chi connectivity index (χ4n) is 1.76. The molecule has 0 aromatic heterocycles. The number of primary amides is 1. The van der Waals surface area contributed by atoms with Crippen LogP contribution in [0.5, 0.6) is 0 Å². The number of rotatable bonds is 1. The van der Waals surface area contributed by atoms with E-state index in [9.17, 15) is 4.79 Å². The quantitative estimate of drug-likeness (QED) is 0.587. The van der Waals surface area contributed by atoms with Crippen molar-refractivity contribution < 1.29 is 4.79 Å². The van der Waals surface area contributed by atoms with Crippen LogP contribution >= 0.6 is 0 Å². The van der Waals surface area contributed by atoms with Crippen LogP contribution in [0.2, 0.25) is 0 Å². The lowest BCUT2D eigenvalue weighted by atomic mass is 9.87. The number of carbonyl (C=O) groups excluding carboxylic acids is 1. The Balaban J connectivity index is 2.63. The minimum absolute atomic E-state index is 0.128. The molecule has 2 nitrogen and oxygen atoms in total. The third-order valence-electron chi connectivity index (χ3n) is 2.58. The first-order chi connectivity index (χ1) is 4.54. The summed E-state index contributed by atoms with van der Waals surface area (Å²) in [7, 11) is 0. The van der Waals surface area contributed by atoms with Gasteiger partial charge in [0.2, 0.25) is 5.91 Å². The van der Waals surface area contributed by atoms with Crippen molar-refractivity contribution in [3.63, 3.8) is 0 Å². The van der Waals surface area contributed by atoms with Crippen molar-refractivity contribution in [1.82, 2.24) is 0 Å². The summed E-state index contributed by atoms with van der Waals surface area (Å²) in [5.74, 6) is 0.550. The lowest BCUT2D eigenvalue weighted by Crippen LogP contribution is -2.31. The van der Waals surface area contributed by atoms with Crippen molar-refractivity contribution in [2.24, 2.45) is 17.1 Å². The van der Waals surface area contributed by atoms with E-state index in [2.05, 4.69) is 6.92 Å². The minimum Gasteiger partial charge on any atom is -0.369 e. The molecule has 1 aliphatic rings. The molecule has 2 atom stereocenters. The molecule has 1 amide bonds. The average molecular weight is 141 g/mol. The fourth-order valence-corrected chi connectivity index (χ4v) is 1.76. The number of hydrogen-bond acceptors (Lipinski definition) is 1. The van der Waals surface area contributed by atoms with E-state index in [-0.39, 0.29) is 11.3 Å². The Bertz CT molecular complexity index is 155. The molecule has 2 N–H and O–H groups in total. The molecule has 0 aliphatic heterocycles. The fraction of sp³-hybridized carbons (Fsp3) is 0.875. The number of carbonyl (C=O) groups is 1. The largest absolute Gasteiger partial charge is 0.369 e. The Morgan fingerprint density at radius 2 is 2.30 bits per heavy atom. The lowest BCUT2D eigenvalue weighted by Gasteiger charge is -2.18. The van der Waals surface area contributed by atoms with Gasteiger partial charge in [0.15, 0.2) is 0 Å². The summed E-state index contributed by atoms with van der Waals surface area (Å²) in [6.07, 6.45) is 3.10. The number of amides is 1. The minimum atomic E-state index is -0.195. The van der Waals surface area contributed by atoms with Crippen LogP contribution in [0.15, 0.2) is 0 Å². The van der Waals surface area contributed by atoms with E-state index in [4.69, 9.17) is 5.73 Å². The first-order valence-corrected chi connectivity index (χ1v) is 3.84. The van der Waals surface area contributed by atoms with Crippen LogP contribution in [0, 0.1) is 11.3 Å². The maximum absolute atomic E-state index is 10.9. The molecule has 2 heteroatoms. The van der Waals surface area contributed by atoms with Gasteiger partial charge in [-0.3, -0.25) is 4.79 Å². The van der Waals surface area contributed by atoms with Gasteiger partial charge in [-0.25, -0.2) is 0 Å². The van der Waals surface area contributed by atoms with Crippen LogP contribution < -0.4 is 5.73 Å². The Kier molecular flexibility index (Phi) is 1.71. The number of nitrogens with two attached hydrogens (primary N) is 1. The van der Waals surface area contributed by atoms with E-state index in [1.807, 2.05) is 6.92 Å². The number of hydrogen-bond donors (Lipinski definition) is 1. The molecule has 1 rings (SSSR count). The molecule has 0 spiro atoms. The molecule has 0 radical (unpaired) electrons. The first kappa shape index (κ1) is 7.58. The van der Waals surface area contributed by atoms with Gasteiger partial charge in [0.05, 0.1) is 0 Å². The zero-order valence-corrected chi connectivity index (χ0v) is 6.68. The molecule has 0 aromatic rings. The molecule has 1 aliphatic carbocycles. The van der Waals surface area contributed by atoms with Crippen molar-refractivity contribution in [3.8, 4) is 0 Å². The summed E-state index contributed by atoms with van der Waals surface area (Å²) in [5, 5.41) is 0. The van der Waals surface area contributed by atoms with Gasteiger partial charge in [0.25, 0.3) is 0 Å². The second-order valence-electron chi connectivity index (χ2n) is 3.77. The molecule has 58 valence electrons. The van der Waals surface area contributed by atoms with Crippen molar-refractivity contribution in [3.05, 3.63) is 0 Å². The summed E-state index contributed by atoms with van der Waals surface area (Å²) in [6.45, 7) is 4.15. The molecule has 10 heavy (non-hydrogen) atoms. The predicted octanol–water partition coefficient (Wildman–Crippen LogP) is 1.30. The normalized spacial score (nSPS) is 40.0. The van der Waals surface area contributed by atoms with Gasteiger partial charge < -0.3 is 5.73 Å². The van der Waals surface area contributed by atoms with Crippen molar-refractivity contribution in [2.45, 2.75) is 33.1 Å². The monoisotopic (exact) mass is 141 g/mol. The Morgan fingerprint density at radius 3 is 2.50 bits per heavy atom. The van der Waals surface area contributed by atoms with Crippen molar-refractivity contribution in [1.29, 1.82) is 0 Å². The lowest BCUT2D eigenvalue weighted by molar-refractivity contribution is -0.126. The Hall–Kier alpha value is -0.530. The topological polar surface area (TPSA) is 43.1 Å². The summed E-state index contributed by atoms with van der Waals surface area (Å²) >= 11 is 0. The summed E-state index contributed by atoms with van der Waals surface area (Å²) in [4.78, 5) is 10.9. The van der Waals surface area contributed by atoms with Crippen LogP contribution in [-0.2, 0) is 4.79 Å². The molecular formula is C8H15NO. The van der Waals surface area contributed by atoms with Crippen LogP contribution in [-0.4, -0.2) is 5.91 Å². The second-order valence-corrected chi connectivity index (χ2v) is 3.77. The van der Waals surface area contributed by atoms with Gasteiger partial charge >= 0.3 is 0 Å². The van der Waals surface area contributed by atoms with Gasteiger partial charge in [-0.1, -0.05) is 13.8 Å². The van der Waals surface area contributed by atoms with Gasteiger partial charge in [0.1, 0.15) is 0 Å². The molecule has 1 fully saturated rings. The third kappa shape index (κ3) is 1.15. The molecule has 0 aromatic carbocycles. The SMILES string of the molecule is C[C@H]1CC[C@](C)(C(N)=O)C1. The summed E-state index contributed by atoms with van der Waals surface area (Å²) in [5.41, 5.74) is 5.06. The standard InChI is InChI=1S/C8H15NO/c1-6-3-4-8(2,5-6)7(9)10/h6H,3-5H2,1-2H3,(H2,9,10)/t6-,8-/m0/s1. The average Bonchev–Trinajstić information content (AvgIpc) is 2.13. The van der Waals surface area contributed by atoms with Crippen LogP contribution in [0.4, 0.5) is 0 Å². The van der Waals surface area contributed by atoms with E-state index < -0.39 is 0 Å². The molecule has 1 saturated carbocycles.